The van der Waals surface area contributed by atoms with Gasteiger partial charge in [0.05, 0.1) is 0 Å². The van der Waals surface area contributed by atoms with E-state index in [0.29, 0.717) is 0 Å². The SMILES string of the molecule is CN(C)c1ccccc1-c1[c-]cccc1.[Cl-].[Cl-].[Pd+2]. The van der Waals surface area contributed by atoms with Crippen molar-refractivity contribution in [2.24, 2.45) is 0 Å². The molecular weight excluding hydrogens is 359 g/mol. The van der Waals surface area contributed by atoms with Gasteiger partial charge < -0.3 is 29.7 Å². The molecule has 0 saturated carbocycles. The molecule has 0 unspecified atom stereocenters. The van der Waals surface area contributed by atoms with Gasteiger partial charge in [0.15, 0.2) is 0 Å². The molecule has 0 atom stereocenters. The van der Waals surface area contributed by atoms with Gasteiger partial charge in [-0.3, -0.25) is 0 Å². The van der Waals surface area contributed by atoms with Gasteiger partial charge in [-0.2, -0.15) is 0 Å². The maximum absolute atomic E-state index is 3.25. The Balaban J connectivity index is 0. The van der Waals surface area contributed by atoms with Gasteiger partial charge in [0.25, 0.3) is 0 Å². The first-order valence-corrected chi connectivity index (χ1v) is 5.02. The first-order chi connectivity index (χ1) is 7.29. The van der Waals surface area contributed by atoms with E-state index in [0.717, 1.165) is 5.56 Å². The van der Waals surface area contributed by atoms with Crippen molar-refractivity contribution in [1.82, 2.24) is 0 Å². The Labute approximate surface area is 135 Å². The topological polar surface area (TPSA) is 3.24 Å². The minimum atomic E-state index is 0. The minimum Gasteiger partial charge on any atom is -1.00 e. The van der Waals surface area contributed by atoms with Gasteiger partial charge in [0.1, 0.15) is 0 Å². The molecular formula is C14H14Cl2NPd-. The fourth-order valence-corrected chi connectivity index (χ4v) is 1.65. The zero-order valence-electron chi connectivity index (χ0n) is 10.1. The molecule has 18 heavy (non-hydrogen) atoms. The third-order valence-corrected chi connectivity index (χ3v) is 2.39. The molecule has 0 radical (unpaired) electrons. The van der Waals surface area contributed by atoms with Crippen LogP contribution in [0.25, 0.3) is 11.1 Å². The summed E-state index contributed by atoms with van der Waals surface area (Å²) in [6.45, 7) is 0. The van der Waals surface area contributed by atoms with Crippen molar-refractivity contribution in [2.75, 3.05) is 19.0 Å². The number of halogens is 2. The summed E-state index contributed by atoms with van der Waals surface area (Å²) in [7, 11) is 4.11. The number of hydrogen-bond acceptors (Lipinski definition) is 1. The molecule has 2 aromatic rings. The monoisotopic (exact) mass is 372 g/mol. The summed E-state index contributed by atoms with van der Waals surface area (Å²) in [6, 6.07) is 19.7. The average molecular weight is 374 g/mol. The van der Waals surface area contributed by atoms with Crippen LogP contribution in [0, 0.1) is 6.07 Å². The van der Waals surface area contributed by atoms with Crippen LogP contribution in [-0.4, -0.2) is 14.1 Å². The number of anilines is 1. The van der Waals surface area contributed by atoms with Crippen molar-refractivity contribution in [3.05, 3.63) is 54.6 Å². The van der Waals surface area contributed by atoms with E-state index in [1.807, 2.05) is 18.2 Å². The van der Waals surface area contributed by atoms with Gasteiger partial charge in [-0.1, -0.05) is 23.8 Å². The molecule has 0 aliphatic rings. The van der Waals surface area contributed by atoms with Crippen LogP contribution in [0.5, 0.6) is 0 Å². The molecule has 0 aromatic heterocycles. The molecule has 0 N–H and O–H groups in total. The molecule has 0 saturated heterocycles. The second kappa shape index (κ2) is 9.42. The first kappa shape index (κ1) is 19.8. The Morgan fingerprint density at radius 3 is 2.06 bits per heavy atom. The van der Waals surface area contributed by atoms with Gasteiger partial charge in [-0.15, -0.1) is 35.9 Å². The quantitative estimate of drug-likeness (QED) is 0.407. The Kier molecular flexibility index (Phi) is 10.4. The van der Waals surface area contributed by atoms with E-state index < -0.39 is 0 Å². The van der Waals surface area contributed by atoms with Crippen LogP contribution < -0.4 is 29.7 Å². The minimum absolute atomic E-state index is 0. The molecule has 0 heterocycles. The van der Waals surface area contributed by atoms with Crippen LogP contribution in [0.4, 0.5) is 5.69 Å². The van der Waals surface area contributed by atoms with Crippen molar-refractivity contribution in [2.45, 2.75) is 0 Å². The van der Waals surface area contributed by atoms with Gasteiger partial charge in [-0.05, 0) is 6.07 Å². The summed E-state index contributed by atoms with van der Waals surface area (Å²) in [5.41, 5.74) is 3.59. The maximum atomic E-state index is 3.25. The number of nitrogens with zero attached hydrogens (tertiary/aromatic N) is 1. The molecule has 0 bridgehead atoms. The van der Waals surface area contributed by atoms with Crippen LogP contribution >= 0.6 is 0 Å². The van der Waals surface area contributed by atoms with E-state index in [-0.39, 0.29) is 45.2 Å². The van der Waals surface area contributed by atoms with E-state index >= 15 is 0 Å². The molecule has 2 rings (SSSR count). The molecule has 0 aliphatic carbocycles. The number of rotatable bonds is 2. The zero-order valence-corrected chi connectivity index (χ0v) is 13.2. The predicted octanol–water partition coefficient (Wildman–Crippen LogP) is -2.77. The Morgan fingerprint density at radius 2 is 1.50 bits per heavy atom. The van der Waals surface area contributed by atoms with E-state index in [1.54, 1.807) is 0 Å². The molecule has 0 fully saturated rings. The van der Waals surface area contributed by atoms with Crippen molar-refractivity contribution in [3.8, 4) is 11.1 Å². The van der Waals surface area contributed by atoms with Crippen LogP contribution in [0.15, 0.2) is 48.5 Å². The van der Waals surface area contributed by atoms with Crippen LogP contribution in [0.1, 0.15) is 0 Å². The summed E-state index contributed by atoms with van der Waals surface area (Å²) in [5, 5.41) is 0. The molecule has 1 nitrogen and oxygen atoms in total. The second-order valence-corrected chi connectivity index (χ2v) is 3.69. The molecule has 0 aliphatic heterocycles. The van der Waals surface area contributed by atoms with Crippen molar-refractivity contribution < 1.29 is 45.2 Å². The number of hydrogen-bond donors (Lipinski definition) is 0. The second-order valence-electron chi connectivity index (χ2n) is 3.69. The van der Waals surface area contributed by atoms with Crippen molar-refractivity contribution in [3.63, 3.8) is 0 Å². The van der Waals surface area contributed by atoms with Crippen LogP contribution in [0.3, 0.4) is 0 Å². The average Bonchev–Trinajstić information content (AvgIpc) is 2.30. The fourth-order valence-electron chi connectivity index (χ4n) is 1.65. The smallest absolute Gasteiger partial charge is 1.00 e. The number of para-hydroxylation sites is 1. The van der Waals surface area contributed by atoms with Crippen molar-refractivity contribution >= 4 is 5.69 Å². The van der Waals surface area contributed by atoms with Crippen LogP contribution in [-0.2, 0) is 20.4 Å². The van der Waals surface area contributed by atoms with Gasteiger partial charge in [0, 0.05) is 19.8 Å². The van der Waals surface area contributed by atoms with Gasteiger partial charge in [-0.25, -0.2) is 0 Å². The summed E-state index contributed by atoms with van der Waals surface area (Å²) in [6.07, 6.45) is 0. The number of benzene rings is 2. The van der Waals surface area contributed by atoms with E-state index in [9.17, 15) is 0 Å². The Morgan fingerprint density at radius 1 is 0.889 bits per heavy atom. The summed E-state index contributed by atoms with van der Waals surface area (Å²) in [4.78, 5) is 2.12. The zero-order chi connectivity index (χ0) is 10.7. The Bertz CT molecular complexity index is 447. The predicted molar refractivity (Wildman–Crippen MR) is 65.0 cm³/mol. The fraction of sp³-hybridized carbons (Fsp3) is 0.143. The normalized spacial score (nSPS) is 8.33. The molecule has 4 heteroatoms. The molecule has 100 valence electrons. The van der Waals surface area contributed by atoms with Crippen LogP contribution in [0.2, 0.25) is 0 Å². The summed E-state index contributed by atoms with van der Waals surface area (Å²) < 4.78 is 0. The largest absolute Gasteiger partial charge is 2.00 e. The molecule has 0 amide bonds. The van der Waals surface area contributed by atoms with E-state index in [4.69, 9.17) is 0 Å². The summed E-state index contributed by atoms with van der Waals surface area (Å²) in [5.74, 6) is 0. The molecule has 2 aromatic carbocycles. The van der Waals surface area contributed by atoms with E-state index in [1.165, 1.54) is 11.3 Å². The molecule has 0 spiro atoms. The maximum Gasteiger partial charge on any atom is 2.00 e. The van der Waals surface area contributed by atoms with E-state index in [2.05, 4.69) is 55.4 Å². The Hall–Kier alpha value is -0.518. The first-order valence-electron chi connectivity index (χ1n) is 5.02. The third-order valence-electron chi connectivity index (χ3n) is 2.39. The van der Waals surface area contributed by atoms with Crippen molar-refractivity contribution in [1.29, 1.82) is 0 Å². The standard InChI is InChI=1S/C14H14N.2ClH.Pd/c1-15(2)14-11-7-6-10-13(14)12-8-4-3-5-9-12;;;/h3-8,10-11H,1-2H3;2*1H;/q-1;;;+2/p-2. The summed E-state index contributed by atoms with van der Waals surface area (Å²) >= 11 is 0. The van der Waals surface area contributed by atoms with Gasteiger partial charge >= 0.3 is 20.4 Å². The third kappa shape index (κ3) is 4.63. The van der Waals surface area contributed by atoms with Gasteiger partial charge in [0.2, 0.25) is 0 Å².